The molecular formula is C16H23N3O5. The van der Waals surface area contributed by atoms with Crippen molar-refractivity contribution in [1.82, 2.24) is 10.2 Å². The van der Waals surface area contributed by atoms with Gasteiger partial charge < -0.3 is 29.7 Å². The lowest BCUT2D eigenvalue weighted by Gasteiger charge is -2.26. The van der Waals surface area contributed by atoms with Gasteiger partial charge in [-0.1, -0.05) is 6.07 Å². The van der Waals surface area contributed by atoms with Crippen molar-refractivity contribution < 1.29 is 23.8 Å². The first-order valence-electron chi connectivity index (χ1n) is 7.87. The minimum Gasteiger partial charge on any atom is -0.491 e. The van der Waals surface area contributed by atoms with Crippen LogP contribution in [0, 0.1) is 0 Å². The fourth-order valence-corrected chi connectivity index (χ4v) is 2.19. The van der Waals surface area contributed by atoms with Gasteiger partial charge in [-0.2, -0.15) is 0 Å². The number of nitrogens with one attached hydrogen (secondary N) is 2. The molecule has 1 aliphatic heterocycles. The monoisotopic (exact) mass is 337 g/mol. The van der Waals surface area contributed by atoms with Crippen LogP contribution in [0.2, 0.25) is 0 Å². The summed E-state index contributed by atoms with van der Waals surface area (Å²) in [5.74, 6) is 0.654. The number of hydrogen-bond donors (Lipinski definition) is 2. The lowest BCUT2D eigenvalue weighted by atomic mass is 10.3. The first kappa shape index (κ1) is 17.9. The summed E-state index contributed by atoms with van der Waals surface area (Å²) in [5, 5.41) is 5.44. The highest BCUT2D eigenvalue weighted by molar-refractivity contribution is 5.89. The highest BCUT2D eigenvalue weighted by Crippen LogP contribution is 2.17. The molecule has 2 rings (SSSR count). The van der Waals surface area contributed by atoms with Crippen LogP contribution in [0.5, 0.6) is 5.75 Å². The second kappa shape index (κ2) is 9.61. The number of cyclic esters (lactones) is 1. The van der Waals surface area contributed by atoms with Crippen LogP contribution in [0.1, 0.15) is 6.42 Å². The first-order chi connectivity index (χ1) is 11.7. The van der Waals surface area contributed by atoms with E-state index in [-0.39, 0.29) is 12.1 Å². The molecule has 0 radical (unpaired) electrons. The third kappa shape index (κ3) is 5.96. The van der Waals surface area contributed by atoms with Gasteiger partial charge >= 0.3 is 12.1 Å². The van der Waals surface area contributed by atoms with E-state index in [0.29, 0.717) is 50.9 Å². The summed E-state index contributed by atoms with van der Waals surface area (Å²) in [5.41, 5.74) is 0.625. The van der Waals surface area contributed by atoms with Crippen molar-refractivity contribution in [2.24, 2.45) is 0 Å². The normalized spacial score (nSPS) is 14.0. The Morgan fingerprint density at radius 2 is 2.25 bits per heavy atom. The number of carbonyl (C=O) groups is 2. The van der Waals surface area contributed by atoms with Crippen LogP contribution in [0.25, 0.3) is 0 Å². The zero-order valence-electron chi connectivity index (χ0n) is 13.7. The maximum atomic E-state index is 11.9. The number of ether oxygens (including phenoxy) is 3. The van der Waals surface area contributed by atoms with Crippen LogP contribution < -0.4 is 15.4 Å². The highest BCUT2D eigenvalue weighted by Gasteiger charge is 2.18. The van der Waals surface area contributed by atoms with Crippen molar-refractivity contribution in [2.75, 3.05) is 51.9 Å². The van der Waals surface area contributed by atoms with Crippen molar-refractivity contribution in [2.45, 2.75) is 6.42 Å². The standard InChI is InChI=1S/C16H23N3O5/c1-22-10-11-23-14-5-2-4-13(12-14)18-15(20)17-6-8-19-7-3-9-24-16(19)21/h2,4-5,12H,3,6-11H2,1H3,(H2,17,18,20). The van der Waals surface area contributed by atoms with E-state index < -0.39 is 0 Å². The molecule has 1 aliphatic rings. The minimum atomic E-state index is -0.339. The molecule has 0 spiro atoms. The Hall–Kier alpha value is -2.48. The van der Waals surface area contributed by atoms with E-state index in [9.17, 15) is 9.59 Å². The lowest BCUT2D eigenvalue weighted by molar-refractivity contribution is 0.0736. The molecular weight excluding hydrogens is 314 g/mol. The summed E-state index contributed by atoms with van der Waals surface area (Å²) in [4.78, 5) is 24.9. The average Bonchev–Trinajstić information content (AvgIpc) is 2.57. The van der Waals surface area contributed by atoms with E-state index in [0.717, 1.165) is 6.42 Å². The maximum absolute atomic E-state index is 11.9. The molecule has 1 aromatic rings. The maximum Gasteiger partial charge on any atom is 0.409 e. The van der Waals surface area contributed by atoms with Gasteiger partial charge in [-0.05, 0) is 18.6 Å². The van der Waals surface area contributed by atoms with Gasteiger partial charge in [0.1, 0.15) is 12.4 Å². The summed E-state index contributed by atoms with van der Waals surface area (Å²) in [6.07, 6.45) is 0.484. The molecule has 8 heteroatoms. The van der Waals surface area contributed by atoms with Crippen molar-refractivity contribution in [3.63, 3.8) is 0 Å². The molecule has 1 saturated heterocycles. The number of methoxy groups -OCH3 is 1. The van der Waals surface area contributed by atoms with Crippen molar-refractivity contribution in [3.05, 3.63) is 24.3 Å². The number of rotatable bonds is 8. The van der Waals surface area contributed by atoms with Crippen LogP contribution in [-0.2, 0) is 9.47 Å². The molecule has 0 unspecified atom stereocenters. The van der Waals surface area contributed by atoms with E-state index in [1.807, 2.05) is 0 Å². The number of hydrogen-bond acceptors (Lipinski definition) is 5. The summed E-state index contributed by atoms with van der Waals surface area (Å²) >= 11 is 0. The van der Waals surface area contributed by atoms with E-state index in [1.54, 1.807) is 36.3 Å². The van der Waals surface area contributed by atoms with Gasteiger partial charge in [0.05, 0.1) is 13.2 Å². The zero-order valence-corrected chi connectivity index (χ0v) is 13.7. The number of benzene rings is 1. The Balaban J connectivity index is 1.71. The Bertz CT molecular complexity index is 552. The van der Waals surface area contributed by atoms with Crippen molar-refractivity contribution in [3.8, 4) is 5.75 Å². The fraction of sp³-hybridized carbons (Fsp3) is 0.500. The zero-order chi connectivity index (χ0) is 17.2. The topological polar surface area (TPSA) is 89.1 Å². The van der Waals surface area contributed by atoms with Crippen molar-refractivity contribution >= 4 is 17.8 Å². The molecule has 3 amide bonds. The lowest BCUT2D eigenvalue weighted by Crippen LogP contribution is -2.43. The highest BCUT2D eigenvalue weighted by atomic mass is 16.6. The summed E-state index contributed by atoms with van der Waals surface area (Å²) < 4.78 is 15.3. The summed E-state index contributed by atoms with van der Waals surface area (Å²) in [7, 11) is 1.61. The smallest absolute Gasteiger partial charge is 0.409 e. The third-order valence-corrected chi connectivity index (χ3v) is 3.37. The molecule has 2 N–H and O–H groups in total. The molecule has 0 aliphatic carbocycles. The van der Waals surface area contributed by atoms with Crippen LogP contribution in [0.3, 0.4) is 0 Å². The number of nitrogens with zero attached hydrogens (tertiary/aromatic N) is 1. The van der Waals surface area contributed by atoms with E-state index in [1.165, 1.54) is 0 Å². The largest absolute Gasteiger partial charge is 0.491 e. The Labute approximate surface area is 141 Å². The average molecular weight is 337 g/mol. The Kier molecular flexibility index (Phi) is 7.16. The van der Waals surface area contributed by atoms with Gasteiger partial charge in [0.2, 0.25) is 0 Å². The van der Waals surface area contributed by atoms with Crippen LogP contribution in [0.15, 0.2) is 24.3 Å². The van der Waals surface area contributed by atoms with Crippen LogP contribution >= 0.6 is 0 Å². The molecule has 0 saturated carbocycles. The van der Waals surface area contributed by atoms with Gasteiger partial charge in [-0.3, -0.25) is 0 Å². The molecule has 0 aromatic heterocycles. The SMILES string of the molecule is COCCOc1cccc(NC(=O)NCCN2CCCOC2=O)c1. The number of urea groups is 1. The van der Waals surface area contributed by atoms with E-state index in [4.69, 9.17) is 14.2 Å². The predicted molar refractivity (Wildman–Crippen MR) is 88.4 cm³/mol. The third-order valence-electron chi connectivity index (χ3n) is 3.37. The molecule has 1 heterocycles. The summed E-state index contributed by atoms with van der Waals surface area (Å²) in [6.45, 7) is 2.83. The van der Waals surface area contributed by atoms with Crippen LogP contribution in [-0.4, -0.2) is 63.6 Å². The number of anilines is 1. The minimum absolute atomic E-state index is 0.329. The molecule has 132 valence electrons. The van der Waals surface area contributed by atoms with E-state index >= 15 is 0 Å². The summed E-state index contributed by atoms with van der Waals surface area (Å²) in [6, 6.07) is 6.76. The van der Waals surface area contributed by atoms with Gasteiger partial charge in [0.25, 0.3) is 0 Å². The number of amides is 3. The van der Waals surface area contributed by atoms with Gasteiger partial charge in [0, 0.05) is 38.5 Å². The second-order valence-corrected chi connectivity index (χ2v) is 5.20. The molecule has 0 atom stereocenters. The fourth-order valence-electron chi connectivity index (χ4n) is 2.19. The van der Waals surface area contributed by atoms with Crippen LogP contribution in [0.4, 0.5) is 15.3 Å². The molecule has 0 bridgehead atoms. The van der Waals surface area contributed by atoms with Gasteiger partial charge in [-0.15, -0.1) is 0 Å². The van der Waals surface area contributed by atoms with Gasteiger partial charge in [-0.25, -0.2) is 9.59 Å². The molecule has 1 aromatic carbocycles. The number of carbonyl (C=O) groups excluding carboxylic acids is 2. The van der Waals surface area contributed by atoms with Gasteiger partial charge in [0.15, 0.2) is 0 Å². The molecule has 1 fully saturated rings. The molecule has 24 heavy (non-hydrogen) atoms. The predicted octanol–water partition coefficient (Wildman–Crippen LogP) is 1.68. The first-order valence-corrected chi connectivity index (χ1v) is 7.87. The quantitative estimate of drug-likeness (QED) is 0.705. The second-order valence-electron chi connectivity index (χ2n) is 5.20. The van der Waals surface area contributed by atoms with Crippen molar-refractivity contribution in [1.29, 1.82) is 0 Å². The Morgan fingerprint density at radius 3 is 3.04 bits per heavy atom. The van der Waals surface area contributed by atoms with E-state index in [2.05, 4.69) is 10.6 Å². The Morgan fingerprint density at radius 1 is 1.38 bits per heavy atom. The molecule has 8 nitrogen and oxygen atoms in total.